The number of fused-ring (bicyclic) bond motifs is 2. The normalized spacial score (nSPS) is 18.3. The summed E-state index contributed by atoms with van der Waals surface area (Å²) >= 11 is 1.47. The molecule has 0 spiro atoms. The first-order valence-electron chi connectivity index (χ1n) is 14.0. The summed E-state index contributed by atoms with van der Waals surface area (Å²) in [7, 11) is 0. The Morgan fingerprint density at radius 2 is 1.60 bits per heavy atom. The molecule has 1 aliphatic carbocycles. The average molecular weight is 565 g/mol. The lowest BCUT2D eigenvalue weighted by Gasteiger charge is -2.39. The monoisotopic (exact) mass is 564 g/mol. The number of oxime groups is 1. The molecule has 2 fully saturated rings. The largest absolute Gasteiger partial charge is 0.455 e. The summed E-state index contributed by atoms with van der Waals surface area (Å²) in [5.41, 5.74) is 0.680. The van der Waals surface area contributed by atoms with E-state index >= 15 is 0 Å². The number of nitrogens with zero attached hydrogens (tertiary/aromatic N) is 2. The van der Waals surface area contributed by atoms with Crippen LogP contribution in [0, 0.1) is 5.92 Å². The molecule has 1 saturated heterocycles. The van der Waals surface area contributed by atoms with Crippen molar-refractivity contribution in [2.45, 2.75) is 74.6 Å². The number of carbonyl (C=O) groups excluding carboxylic acids is 3. The Bertz CT molecular complexity index is 1330. The van der Waals surface area contributed by atoms with Gasteiger partial charge < -0.3 is 14.3 Å². The fraction of sp³-hybridized carbons (Fsp3) is 0.484. The van der Waals surface area contributed by atoms with Gasteiger partial charge in [-0.1, -0.05) is 49.0 Å². The van der Waals surface area contributed by atoms with E-state index in [-0.39, 0.29) is 17.3 Å². The number of rotatable bonds is 8. The zero-order valence-electron chi connectivity index (χ0n) is 23.4. The minimum Gasteiger partial charge on any atom is -0.455 e. The molecule has 212 valence electrons. The van der Waals surface area contributed by atoms with Crippen LogP contribution in [0.3, 0.4) is 0 Å². The van der Waals surface area contributed by atoms with E-state index < -0.39 is 11.5 Å². The van der Waals surface area contributed by atoms with Crippen molar-refractivity contribution in [1.29, 1.82) is 0 Å². The molecule has 5 rings (SSSR count). The van der Waals surface area contributed by atoms with E-state index in [4.69, 9.17) is 14.3 Å². The molecule has 0 aromatic heterocycles. The fourth-order valence-electron chi connectivity index (χ4n) is 5.61. The van der Waals surface area contributed by atoms with Gasteiger partial charge in [-0.15, -0.1) is 0 Å². The summed E-state index contributed by atoms with van der Waals surface area (Å²) in [6.07, 6.45) is 6.06. The summed E-state index contributed by atoms with van der Waals surface area (Å²) in [5.74, 6) is 0.909. The number of morpholine rings is 1. The van der Waals surface area contributed by atoms with Gasteiger partial charge in [-0.25, -0.2) is 4.79 Å². The van der Waals surface area contributed by atoms with Gasteiger partial charge in [0.15, 0.2) is 5.78 Å². The quantitative estimate of drug-likeness (QED) is 0.136. The molecule has 2 heterocycles. The van der Waals surface area contributed by atoms with E-state index in [1.807, 2.05) is 32.0 Å². The second-order valence-corrected chi connectivity index (χ2v) is 12.3. The van der Waals surface area contributed by atoms with Crippen LogP contribution < -0.4 is 4.74 Å². The third-order valence-corrected chi connectivity index (χ3v) is 9.04. The number of Topliss-reactive ketones (excluding diaryl/α,β-unsaturated/α-hetero) is 2. The average Bonchev–Trinajstić information content (AvgIpc) is 2.97. The third-order valence-electron chi connectivity index (χ3n) is 7.96. The molecular formula is C31H36N2O6S. The highest BCUT2D eigenvalue weighted by Crippen LogP contribution is 2.48. The molecule has 40 heavy (non-hydrogen) atoms. The molecule has 2 aliphatic heterocycles. The zero-order chi connectivity index (χ0) is 28.3. The van der Waals surface area contributed by atoms with Crippen LogP contribution in [0.1, 0.15) is 80.0 Å². The van der Waals surface area contributed by atoms with E-state index in [2.05, 4.69) is 10.1 Å². The third kappa shape index (κ3) is 6.32. The molecule has 0 N–H and O–H groups in total. The highest BCUT2D eigenvalue weighted by Gasteiger charge is 2.36. The highest BCUT2D eigenvalue weighted by molar-refractivity contribution is 7.99. The molecule has 0 atom stereocenters. The number of benzene rings is 2. The Balaban J connectivity index is 1.36. The lowest BCUT2D eigenvalue weighted by molar-refractivity contribution is -0.140. The Hall–Kier alpha value is -3.01. The first-order valence-corrected chi connectivity index (χ1v) is 14.8. The molecule has 8 nitrogen and oxygen atoms in total. The van der Waals surface area contributed by atoms with Crippen LogP contribution in [0.2, 0.25) is 0 Å². The molecule has 9 heteroatoms. The van der Waals surface area contributed by atoms with Crippen molar-refractivity contribution in [2.24, 2.45) is 11.1 Å². The van der Waals surface area contributed by atoms with Crippen LogP contribution in [-0.4, -0.2) is 60.0 Å². The summed E-state index contributed by atoms with van der Waals surface area (Å²) in [4.78, 5) is 47.2. The number of ether oxygens (including phenoxy) is 2. The number of hydrogen-bond donors (Lipinski definition) is 0. The second-order valence-electron chi connectivity index (χ2n) is 11.2. The Labute approximate surface area is 239 Å². The minimum absolute atomic E-state index is 0.0431. The Morgan fingerprint density at radius 1 is 0.975 bits per heavy atom. The van der Waals surface area contributed by atoms with E-state index in [0.717, 1.165) is 48.6 Å². The summed E-state index contributed by atoms with van der Waals surface area (Å²) in [5, 5.41) is 3.96. The lowest BCUT2D eigenvalue weighted by Crippen LogP contribution is -2.54. The van der Waals surface area contributed by atoms with Crippen molar-refractivity contribution in [3.05, 3.63) is 47.5 Å². The highest BCUT2D eigenvalue weighted by atomic mass is 32.2. The summed E-state index contributed by atoms with van der Waals surface area (Å²) in [6.45, 7) is 7.87. The van der Waals surface area contributed by atoms with Gasteiger partial charge in [-0.2, -0.15) is 0 Å². The second kappa shape index (κ2) is 12.2. The predicted molar refractivity (Wildman–Crippen MR) is 153 cm³/mol. The van der Waals surface area contributed by atoms with Crippen LogP contribution in [0.25, 0.3) is 0 Å². The summed E-state index contributed by atoms with van der Waals surface area (Å²) in [6, 6.07) is 10.8. The van der Waals surface area contributed by atoms with Gasteiger partial charge in [0.05, 0.1) is 28.5 Å². The van der Waals surface area contributed by atoms with Crippen LogP contribution in [0.4, 0.5) is 0 Å². The number of carbonyl (C=O) groups is 3. The van der Waals surface area contributed by atoms with Crippen LogP contribution in [-0.2, 0) is 14.4 Å². The molecule has 0 unspecified atom stereocenters. The van der Waals surface area contributed by atoms with Gasteiger partial charge in [-0.3, -0.25) is 14.5 Å². The maximum absolute atomic E-state index is 13.6. The van der Waals surface area contributed by atoms with Crippen molar-refractivity contribution < 1.29 is 28.7 Å². The molecule has 2 aromatic rings. The Morgan fingerprint density at radius 3 is 2.25 bits per heavy atom. The van der Waals surface area contributed by atoms with Gasteiger partial charge in [0, 0.05) is 31.1 Å². The van der Waals surface area contributed by atoms with Crippen LogP contribution in [0.15, 0.2) is 51.3 Å². The molecule has 0 radical (unpaired) electrons. The van der Waals surface area contributed by atoms with Gasteiger partial charge in [0.2, 0.25) is 5.78 Å². The van der Waals surface area contributed by atoms with Gasteiger partial charge >= 0.3 is 5.97 Å². The molecule has 2 aromatic carbocycles. The maximum atomic E-state index is 13.6. The summed E-state index contributed by atoms with van der Waals surface area (Å²) < 4.78 is 11.6. The molecule has 0 bridgehead atoms. The van der Waals surface area contributed by atoms with E-state index in [0.29, 0.717) is 48.2 Å². The van der Waals surface area contributed by atoms with Crippen LogP contribution >= 0.6 is 11.8 Å². The van der Waals surface area contributed by atoms with Gasteiger partial charge in [0.25, 0.3) is 0 Å². The SMILES string of the molecule is CC(=O)O/N=C(\CC1CCCCC1)C(=O)c1ccc2c(c1)Sc1cc(C(=O)C(C)(C)N3CCOCC3)ccc1O2. The topological polar surface area (TPSA) is 94.5 Å². The number of ketones is 2. The standard InChI is InChI=1S/C31H36N2O6S/c1-20(34)39-32-24(17-21-7-5-4-6-8-21)29(35)22-9-11-25-27(18-22)40-28-19-23(10-12-26(28)38-25)30(36)31(2,3)33-13-15-37-16-14-33/h9-12,18-19,21H,4-8,13-17H2,1-3H3/b32-24+. The fourth-order valence-corrected chi connectivity index (χ4v) is 6.63. The van der Waals surface area contributed by atoms with Crippen molar-refractivity contribution in [3.63, 3.8) is 0 Å². The van der Waals surface area contributed by atoms with E-state index in [1.54, 1.807) is 18.2 Å². The van der Waals surface area contributed by atoms with Crippen molar-refractivity contribution in [3.8, 4) is 11.5 Å². The Kier molecular flexibility index (Phi) is 8.73. The molecule has 3 aliphatic rings. The first kappa shape index (κ1) is 28.5. The van der Waals surface area contributed by atoms with Gasteiger partial charge in [-0.05, 0) is 62.6 Å². The number of hydrogen-bond acceptors (Lipinski definition) is 9. The van der Waals surface area contributed by atoms with Gasteiger partial charge in [0.1, 0.15) is 17.2 Å². The zero-order valence-corrected chi connectivity index (χ0v) is 24.2. The lowest BCUT2D eigenvalue weighted by atomic mass is 9.84. The molecule has 1 saturated carbocycles. The maximum Gasteiger partial charge on any atom is 0.331 e. The minimum atomic E-state index is -0.661. The molecule has 0 amide bonds. The van der Waals surface area contributed by atoms with Crippen LogP contribution in [0.5, 0.6) is 11.5 Å². The predicted octanol–water partition coefficient (Wildman–Crippen LogP) is 6.31. The van der Waals surface area contributed by atoms with E-state index in [1.165, 1.54) is 25.1 Å². The van der Waals surface area contributed by atoms with Crippen molar-refractivity contribution in [2.75, 3.05) is 26.3 Å². The molecular weight excluding hydrogens is 528 g/mol. The van der Waals surface area contributed by atoms with Crippen molar-refractivity contribution >= 4 is 35.0 Å². The first-order chi connectivity index (χ1) is 19.2. The van der Waals surface area contributed by atoms with E-state index in [9.17, 15) is 14.4 Å². The van der Waals surface area contributed by atoms with Crippen molar-refractivity contribution in [1.82, 2.24) is 4.90 Å². The smallest absolute Gasteiger partial charge is 0.331 e.